The van der Waals surface area contributed by atoms with Crippen molar-refractivity contribution in [3.63, 3.8) is 0 Å². The molecule has 1 heterocycles. The first-order chi connectivity index (χ1) is 17.3. The van der Waals surface area contributed by atoms with Crippen molar-refractivity contribution in [1.29, 1.82) is 0 Å². The zero-order chi connectivity index (χ0) is 25.7. The molecule has 0 aromatic heterocycles. The fourth-order valence-corrected chi connectivity index (χ4v) is 5.82. The van der Waals surface area contributed by atoms with Crippen LogP contribution in [0.15, 0.2) is 77.7 Å². The van der Waals surface area contributed by atoms with Gasteiger partial charge < -0.3 is 14.5 Å². The minimum Gasteiger partial charge on any atom is -0.492 e. The lowest BCUT2D eigenvalue weighted by atomic mass is 10.2. The molecule has 0 saturated carbocycles. The van der Waals surface area contributed by atoms with Gasteiger partial charge in [-0.25, -0.2) is 8.42 Å². The van der Waals surface area contributed by atoms with Crippen LogP contribution in [0.4, 0.5) is 11.4 Å². The third-order valence-electron chi connectivity index (χ3n) is 5.92. The molecule has 1 saturated heterocycles. The highest BCUT2D eigenvalue weighted by atomic mass is 35.5. The Morgan fingerprint density at radius 1 is 0.917 bits per heavy atom. The van der Waals surface area contributed by atoms with Crippen LogP contribution in [0.1, 0.15) is 6.92 Å². The van der Waals surface area contributed by atoms with Crippen molar-refractivity contribution >= 4 is 50.5 Å². The van der Waals surface area contributed by atoms with E-state index in [9.17, 15) is 13.2 Å². The van der Waals surface area contributed by atoms with Crippen molar-refractivity contribution in [1.82, 2.24) is 4.90 Å². The smallest absolute Gasteiger partial charge is 0.264 e. The van der Waals surface area contributed by atoms with E-state index in [1.807, 2.05) is 31.2 Å². The van der Waals surface area contributed by atoms with Crippen LogP contribution in [0.5, 0.6) is 5.75 Å². The minimum atomic E-state index is -4.08. The van der Waals surface area contributed by atoms with Crippen LogP contribution < -0.4 is 13.9 Å². The summed E-state index contributed by atoms with van der Waals surface area (Å²) >= 11 is 12.1. The second-order valence-electron chi connectivity index (χ2n) is 8.21. The Hall–Kier alpha value is -2.94. The third kappa shape index (κ3) is 5.88. The summed E-state index contributed by atoms with van der Waals surface area (Å²) in [4.78, 5) is 17.3. The van der Waals surface area contributed by atoms with Gasteiger partial charge in [0.1, 0.15) is 12.3 Å². The van der Waals surface area contributed by atoms with E-state index in [1.165, 1.54) is 24.3 Å². The van der Waals surface area contributed by atoms with E-state index in [2.05, 4.69) is 4.90 Å². The maximum absolute atomic E-state index is 13.7. The summed E-state index contributed by atoms with van der Waals surface area (Å²) in [5.74, 6) is 0.0979. The number of rotatable bonds is 8. The molecule has 190 valence electrons. The summed E-state index contributed by atoms with van der Waals surface area (Å²) in [6, 6.07) is 20.3. The number of anilines is 2. The predicted molar refractivity (Wildman–Crippen MR) is 144 cm³/mol. The van der Waals surface area contributed by atoms with Crippen molar-refractivity contribution in [2.45, 2.75) is 11.8 Å². The first kappa shape index (κ1) is 26.1. The van der Waals surface area contributed by atoms with Crippen LogP contribution in [0.25, 0.3) is 0 Å². The van der Waals surface area contributed by atoms with E-state index in [0.29, 0.717) is 54.3 Å². The zero-order valence-electron chi connectivity index (χ0n) is 19.8. The number of nitrogens with zero attached hydrogens (tertiary/aromatic N) is 3. The molecule has 4 rings (SSSR count). The first-order valence-electron chi connectivity index (χ1n) is 11.6. The topological polar surface area (TPSA) is 70.2 Å². The lowest BCUT2D eigenvalue weighted by molar-refractivity contribution is -0.129. The van der Waals surface area contributed by atoms with Gasteiger partial charge >= 0.3 is 0 Å². The van der Waals surface area contributed by atoms with Crippen LogP contribution in [-0.4, -0.2) is 58.6 Å². The second-order valence-corrected chi connectivity index (χ2v) is 10.9. The molecule has 36 heavy (non-hydrogen) atoms. The Balaban J connectivity index is 1.58. The predicted octanol–water partition coefficient (Wildman–Crippen LogP) is 4.94. The molecule has 1 aliphatic heterocycles. The van der Waals surface area contributed by atoms with Crippen molar-refractivity contribution < 1.29 is 17.9 Å². The molecule has 0 bridgehead atoms. The number of ether oxygens (including phenoxy) is 1. The van der Waals surface area contributed by atoms with Crippen LogP contribution in [0, 0.1) is 0 Å². The summed E-state index contributed by atoms with van der Waals surface area (Å²) < 4.78 is 34.3. The van der Waals surface area contributed by atoms with Gasteiger partial charge in [-0.05, 0) is 61.5 Å². The Morgan fingerprint density at radius 2 is 1.61 bits per heavy atom. The van der Waals surface area contributed by atoms with Gasteiger partial charge in [0, 0.05) is 41.9 Å². The number of sulfonamides is 1. The molecule has 0 unspecified atom stereocenters. The highest BCUT2D eigenvalue weighted by Crippen LogP contribution is 2.33. The summed E-state index contributed by atoms with van der Waals surface area (Å²) in [6.45, 7) is 3.98. The van der Waals surface area contributed by atoms with Crippen molar-refractivity contribution in [3.05, 3.63) is 82.8 Å². The zero-order valence-corrected chi connectivity index (χ0v) is 22.1. The molecule has 1 fully saturated rings. The Morgan fingerprint density at radius 3 is 2.28 bits per heavy atom. The number of hydrogen-bond acceptors (Lipinski definition) is 5. The van der Waals surface area contributed by atoms with Crippen LogP contribution in [0.2, 0.25) is 10.0 Å². The average molecular weight is 548 g/mol. The van der Waals surface area contributed by atoms with E-state index in [0.717, 1.165) is 9.99 Å². The number of carbonyl (C=O) groups excluding carboxylic acids is 1. The Labute approximate surface area is 221 Å². The molecule has 0 atom stereocenters. The normalized spacial score (nSPS) is 14.0. The molecule has 0 N–H and O–H groups in total. The van der Waals surface area contributed by atoms with Gasteiger partial charge in [0.2, 0.25) is 5.91 Å². The average Bonchev–Trinajstić information content (AvgIpc) is 2.88. The lowest BCUT2D eigenvalue weighted by Crippen LogP contribution is -2.52. The standard InChI is InChI=1S/C26H27Cl2N3O4S/c1-2-35-25-9-4-3-8-24(25)31(36(33,34)23-12-10-20(27)11-13-23)19-26(32)30-16-14-29(15-17-30)22-7-5-6-21(28)18-22/h3-13,18H,2,14-17,19H2,1H3. The fraction of sp³-hybridized carbons (Fsp3) is 0.269. The third-order valence-corrected chi connectivity index (χ3v) is 8.18. The highest BCUT2D eigenvalue weighted by Gasteiger charge is 2.32. The molecule has 1 aliphatic rings. The van der Waals surface area contributed by atoms with Crippen molar-refractivity contribution in [3.8, 4) is 5.75 Å². The van der Waals surface area contributed by atoms with E-state index in [4.69, 9.17) is 27.9 Å². The number of amides is 1. The van der Waals surface area contributed by atoms with Gasteiger partial charge in [-0.15, -0.1) is 0 Å². The van der Waals surface area contributed by atoms with Gasteiger partial charge in [0.25, 0.3) is 10.0 Å². The van der Waals surface area contributed by atoms with Crippen LogP contribution >= 0.6 is 23.2 Å². The molecule has 10 heteroatoms. The lowest BCUT2D eigenvalue weighted by Gasteiger charge is -2.37. The van der Waals surface area contributed by atoms with E-state index >= 15 is 0 Å². The van der Waals surface area contributed by atoms with Gasteiger partial charge in [-0.2, -0.15) is 0 Å². The molecule has 7 nitrogen and oxygen atoms in total. The van der Waals surface area contributed by atoms with Crippen LogP contribution in [0.3, 0.4) is 0 Å². The second kappa shape index (κ2) is 11.4. The van der Waals surface area contributed by atoms with Gasteiger partial charge in [0.15, 0.2) is 0 Å². The summed E-state index contributed by atoms with van der Waals surface area (Å²) in [5, 5.41) is 1.07. The Bertz CT molecular complexity index is 1310. The number of para-hydroxylation sites is 2. The summed E-state index contributed by atoms with van der Waals surface area (Å²) in [5.41, 5.74) is 1.30. The molecule has 0 spiro atoms. The first-order valence-corrected chi connectivity index (χ1v) is 13.8. The van der Waals surface area contributed by atoms with Crippen molar-refractivity contribution in [2.75, 3.05) is 48.5 Å². The summed E-state index contributed by atoms with van der Waals surface area (Å²) in [7, 11) is -4.08. The SMILES string of the molecule is CCOc1ccccc1N(CC(=O)N1CCN(c2cccc(Cl)c2)CC1)S(=O)(=O)c1ccc(Cl)cc1. The Kier molecular flexibility index (Phi) is 8.28. The maximum atomic E-state index is 13.7. The number of piperazine rings is 1. The minimum absolute atomic E-state index is 0.0387. The van der Waals surface area contributed by atoms with Gasteiger partial charge in [0.05, 0.1) is 17.2 Å². The van der Waals surface area contributed by atoms with E-state index in [-0.39, 0.29) is 17.3 Å². The van der Waals surface area contributed by atoms with Gasteiger partial charge in [-0.3, -0.25) is 9.10 Å². The molecule has 3 aromatic carbocycles. The molecular weight excluding hydrogens is 521 g/mol. The van der Waals surface area contributed by atoms with Crippen LogP contribution in [-0.2, 0) is 14.8 Å². The molecule has 3 aromatic rings. The monoisotopic (exact) mass is 547 g/mol. The number of halogens is 2. The largest absolute Gasteiger partial charge is 0.492 e. The molecule has 0 aliphatic carbocycles. The highest BCUT2D eigenvalue weighted by molar-refractivity contribution is 7.92. The number of carbonyl (C=O) groups is 1. The fourth-order valence-electron chi connectivity index (χ4n) is 4.08. The van der Waals surface area contributed by atoms with E-state index in [1.54, 1.807) is 29.2 Å². The number of hydrogen-bond donors (Lipinski definition) is 0. The number of benzene rings is 3. The quantitative estimate of drug-likeness (QED) is 0.399. The molecular formula is C26H27Cl2N3O4S. The summed E-state index contributed by atoms with van der Waals surface area (Å²) in [6.07, 6.45) is 0. The maximum Gasteiger partial charge on any atom is 0.264 e. The van der Waals surface area contributed by atoms with Gasteiger partial charge in [-0.1, -0.05) is 41.4 Å². The van der Waals surface area contributed by atoms with Crippen molar-refractivity contribution in [2.24, 2.45) is 0 Å². The van der Waals surface area contributed by atoms with E-state index < -0.39 is 10.0 Å². The molecule has 0 radical (unpaired) electrons. The molecule has 1 amide bonds.